The maximum Gasteiger partial charge on any atom is 0.573 e. The van der Waals surface area contributed by atoms with Crippen molar-refractivity contribution in [2.75, 3.05) is 6.61 Å². The number of aryl methyl sites for hydroxylation is 1. The van der Waals surface area contributed by atoms with Crippen molar-refractivity contribution in [1.82, 2.24) is 0 Å². The third-order valence-electron chi connectivity index (χ3n) is 2.41. The Balaban J connectivity index is 3.35. The second kappa shape index (κ2) is 6.28. The van der Waals surface area contributed by atoms with Gasteiger partial charge in [-0.1, -0.05) is 6.92 Å². The van der Waals surface area contributed by atoms with E-state index in [-0.39, 0.29) is 29.7 Å². The number of hydrogen-bond acceptors (Lipinski definition) is 4. The van der Waals surface area contributed by atoms with Gasteiger partial charge in [-0.2, -0.15) is 5.26 Å². The molecule has 1 rings (SSSR count). The highest BCUT2D eigenvalue weighted by atomic mass is 19.4. The zero-order valence-corrected chi connectivity index (χ0v) is 10.9. The molecule has 0 saturated carbocycles. The van der Waals surface area contributed by atoms with E-state index in [9.17, 15) is 18.0 Å². The van der Waals surface area contributed by atoms with E-state index in [1.54, 1.807) is 19.9 Å². The van der Waals surface area contributed by atoms with E-state index in [1.807, 2.05) is 0 Å². The molecule has 0 saturated heterocycles. The van der Waals surface area contributed by atoms with Crippen molar-refractivity contribution in [2.45, 2.75) is 26.6 Å². The van der Waals surface area contributed by atoms with Crippen molar-refractivity contribution in [3.8, 4) is 11.8 Å². The van der Waals surface area contributed by atoms with Gasteiger partial charge < -0.3 is 9.47 Å². The molecule has 0 aromatic heterocycles. The van der Waals surface area contributed by atoms with Crippen LogP contribution in [-0.4, -0.2) is 18.9 Å². The van der Waals surface area contributed by atoms with E-state index >= 15 is 0 Å². The fourth-order valence-electron chi connectivity index (χ4n) is 1.62. The summed E-state index contributed by atoms with van der Waals surface area (Å²) in [5.41, 5.74) is -0.0304. The van der Waals surface area contributed by atoms with Crippen LogP contribution >= 0.6 is 0 Å². The van der Waals surface area contributed by atoms with E-state index in [0.717, 1.165) is 6.07 Å². The van der Waals surface area contributed by atoms with Crippen LogP contribution in [0.4, 0.5) is 13.2 Å². The Morgan fingerprint density at radius 1 is 1.35 bits per heavy atom. The second-order valence-electron chi connectivity index (χ2n) is 3.74. The van der Waals surface area contributed by atoms with Gasteiger partial charge in [0.25, 0.3) is 0 Å². The Hall–Kier alpha value is -2.23. The standard InChI is InChI=1S/C13H12F3NO3/c1-3-8-5-9(12(18)19-4-2)6-11(10(8)7-17)20-13(14,15)16/h5-6H,3-4H2,1-2H3. The number of benzene rings is 1. The van der Waals surface area contributed by atoms with Gasteiger partial charge in [-0.05, 0) is 31.0 Å². The Morgan fingerprint density at radius 2 is 2.00 bits per heavy atom. The summed E-state index contributed by atoms with van der Waals surface area (Å²) in [6.45, 7) is 3.33. The minimum absolute atomic E-state index is 0.0815. The average molecular weight is 287 g/mol. The molecule has 1 aromatic carbocycles. The van der Waals surface area contributed by atoms with E-state index in [2.05, 4.69) is 4.74 Å². The Morgan fingerprint density at radius 3 is 2.45 bits per heavy atom. The number of alkyl halides is 3. The van der Waals surface area contributed by atoms with E-state index in [0.29, 0.717) is 0 Å². The maximum absolute atomic E-state index is 12.3. The molecule has 0 amide bonds. The molecule has 0 aliphatic rings. The number of nitriles is 1. The molecule has 0 atom stereocenters. The summed E-state index contributed by atoms with van der Waals surface area (Å²) in [6.07, 6.45) is -4.66. The summed E-state index contributed by atoms with van der Waals surface area (Å²) in [5, 5.41) is 8.95. The zero-order chi connectivity index (χ0) is 15.3. The van der Waals surface area contributed by atoms with Crippen LogP contribution in [-0.2, 0) is 11.2 Å². The Labute approximate surface area is 113 Å². The first-order chi connectivity index (χ1) is 9.32. The minimum atomic E-state index is -4.94. The number of nitrogens with zero attached hydrogens (tertiary/aromatic N) is 1. The van der Waals surface area contributed by atoms with Crippen LogP contribution < -0.4 is 4.74 Å². The second-order valence-corrected chi connectivity index (χ2v) is 3.74. The van der Waals surface area contributed by atoms with Crippen LogP contribution in [0.1, 0.15) is 35.3 Å². The predicted octanol–water partition coefficient (Wildman–Crippen LogP) is 3.20. The van der Waals surface area contributed by atoms with E-state index in [4.69, 9.17) is 10.00 Å². The van der Waals surface area contributed by atoms with Gasteiger partial charge in [0.1, 0.15) is 11.8 Å². The maximum atomic E-state index is 12.3. The highest BCUT2D eigenvalue weighted by Gasteiger charge is 2.33. The van der Waals surface area contributed by atoms with Gasteiger partial charge in [0, 0.05) is 0 Å². The molecule has 0 N–H and O–H groups in total. The van der Waals surface area contributed by atoms with E-state index in [1.165, 1.54) is 6.07 Å². The lowest BCUT2D eigenvalue weighted by Crippen LogP contribution is -2.19. The molecule has 0 bridgehead atoms. The lowest BCUT2D eigenvalue weighted by atomic mass is 10.0. The van der Waals surface area contributed by atoms with Crippen molar-refractivity contribution in [3.63, 3.8) is 0 Å². The smallest absolute Gasteiger partial charge is 0.462 e. The van der Waals surface area contributed by atoms with Crippen LogP contribution in [0.15, 0.2) is 12.1 Å². The molecule has 7 heteroatoms. The third-order valence-corrected chi connectivity index (χ3v) is 2.41. The molecule has 0 fully saturated rings. The van der Waals surface area contributed by atoms with Crippen molar-refractivity contribution in [3.05, 3.63) is 28.8 Å². The van der Waals surface area contributed by atoms with Crippen molar-refractivity contribution >= 4 is 5.97 Å². The molecule has 20 heavy (non-hydrogen) atoms. The molecular formula is C13H12F3NO3. The van der Waals surface area contributed by atoms with Gasteiger partial charge in [-0.25, -0.2) is 4.79 Å². The van der Waals surface area contributed by atoms with Crippen molar-refractivity contribution in [2.24, 2.45) is 0 Å². The summed E-state index contributed by atoms with van der Waals surface area (Å²) in [6, 6.07) is 3.86. The minimum Gasteiger partial charge on any atom is -0.462 e. The largest absolute Gasteiger partial charge is 0.573 e. The van der Waals surface area contributed by atoms with Crippen LogP contribution in [0.25, 0.3) is 0 Å². The summed E-state index contributed by atoms with van der Waals surface area (Å²) < 4.78 is 45.5. The van der Waals surface area contributed by atoms with Gasteiger partial charge in [0.15, 0.2) is 0 Å². The number of carbonyl (C=O) groups excluding carboxylic acids is 1. The summed E-state index contributed by atoms with van der Waals surface area (Å²) >= 11 is 0. The molecule has 108 valence electrons. The Bertz CT molecular complexity index is 547. The zero-order valence-electron chi connectivity index (χ0n) is 10.9. The molecular weight excluding hydrogens is 275 g/mol. The predicted molar refractivity (Wildman–Crippen MR) is 63.2 cm³/mol. The molecule has 1 aromatic rings. The van der Waals surface area contributed by atoms with Crippen LogP contribution in [0.2, 0.25) is 0 Å². The normalized spacial score (nSPS) is 10.8. The highest BCUT2D eigenvalue weighted by Crippen LogP contribution is 2.30. The first kappa shape index (κ1) is 15.8. The lowest BCUT2D eigenvalue weighted by molar-refractivity contribution is -0.274. The average Bonchev–Trinajstić information content (AvgIpc) is 2.36. The highest BCUT2D eigenvalue weighted by molar-refractivity contribution is 5.90. The van der Waals surface area contributed by atoms with Gasteiger partial charge in [0.2, 0.25) is 0 Å². The fourth-order valence-corrected chi connectivity index (χ4v) is 1.62. The molecule has 0 spiro atoms. The summed E-state index contributed by atoms with van der Waals surface area (Å²) in [4.78, 5) is 11.6. The van der Waals surface area contributed by atoms with Gasteiger partial charge in [-0.15, -0.1) is 13.2 Å². The third kappa shape index (κ3) is 3.88. The first-order valence-corrected chi connectivity index (χ1v) is 5.82. The topological polar surface area (TPSA) is 59.3 Å². The summed E-state index contributed by atoms with van der Waals surface area (Å²) in [7, 11) is 0. The molecule has 0 heterocycles. The lowest BCUT2D eigenvalue weighted by Gasteiger charge is -2.14. The quantitative estimate of drug-likeness (QED) is 0.798. The Kier molecular flexibility index (Phi) is 4.97. The number of rotatable bonds is 4. The van der Waals surface area contributed by atoms with Gasteiger partial charge in [-0.3, -0.25) is 0 Å². The van der Waals surface area contributed by atoms with Crippen molar-refractivity contribution < 1.29 is 27.4 Å². The monoisotopic (exact) mass is 287 g/mol. The van der Waals surface area contributed by atoms with Crippen LogP contribution in [0.5, 0.6) is 5.75 Å². The molecule has 0 aliphatic heterocycles. The molecule has 0 aliphatic carbocycles. The van der Waals surface area contributed by atoms with Crippen LogP contribution in [0.3, 0.4) is 0 Å². The molecule has 4 nitrogen and oxygen atoms in total. The number of carbonyl (C=O) groups is 1. The SMILES string of the molecule is CCOC(=O)c1cc(CC)c(C#N)c(OC(F)(F)F)c1. The summed E-state index contributed by atoms with van der Waals surface area (Å²) in [5.74, 6) is -1.46. The van der Waals surface area contributed by atoms with Gasteiger partial charge in [0.05, 0.1) is 17.7 Å². The number of esters is 1. The number of halogens is 3. The first-order valence-electron chi connectivity index (χ1n) is 5.82. The number of hydrogen-bond donors (Lipinski definition) is 0. The van der Waals surface area contributed by atoms with Crippen molar-refractivity contribution in [1.29, 1.82) is 5.26 Å². The fraction of sp³-hybridized carbons (Fsp3) is 0.385. The van der Waals surface area contributed by atoms with Crippen LogP contribution in [0, 0.1) is 11.3 Å². The molecule has 0 radical (unpaired) electrons. The number of ether oxygens (including phenoxy) is 2. The molecule has 0 unspecified atom stereocenters. The van der Waals surface area contributed by atoms with Gasteiger partial charge >= 0.3 is 12.3 Å². The van der Waals surface area contributed by atoms with E-state index < -0.39 is 18.1 Å².